The van der Waals surface area contributed by atoms with Crippen LogP contribution in [0.3, 0.4) is 0 Å². The fourth-order valence-corrected chi connectivity index (χ4v) is 3.12. The third kappa shape index (κ3) is 3.84. The molecular weight excluding hydrogens is 274 g/mol. The molecule has 5 heteroatoms. The van der Waals surface area contributed by atoms with Gasteiger partial charge in [-0.15, -0.1) is 0 Å². The minimum absolute atomic E-state index is 0.0121. The summed E-state index contributed by atoms with van der Waals surface area (Å²) in [6, 6.07) is 7.61. The number of aliphatic hydroxyl groups excluding tert-OH is 1. The summed E-state index contributed by atoms with van der Waals surface area (Å²) in [4.78, 5) is 24.8. The number of rotatable bonds is 5. The zero-order chi connectivity index (χ0) is 14.5. The molecular formula is C15H19NO3S. The van der Waals surface area contributed by atoms with E-state index in [4.69, 9.17) is 0 Å². The largest absolute Gasteiger partial charge is 0.392 e. The van der Waals surface area contributed by atoms with Gasteiger partial charge in [0.25, 0.3) is 0 Å². The van der Waals surface area contributed by atoms with Crippen molar-refractivity contribution < 1.29 is 14.7 Å². The summed E-state index contributed by atoms with van der Waals surface area (Å²) in [6.45, 7) is 2.77. The molecule has 1 fully saturated rings. The lowest BCUT2D eigenvalue weighted by molar-refractivity contribution is -0.128. The van der Waals surface area contributed by atoms with E-state index in [1.54, 1.807) is 6.92 Å². The minimum Gasteiger partial charge on any atom is -0.392 e. The van der Waals surface area contributed by atoms with Crippen LogP contribution in [0.1, 0.15) is 24.5 Å². The van der Waals surface area contributed by atoms with Gasteiger partial charge in [-0.1, -0.05) is 36.0 Å². The van der Waals surface area contributed by atoms with Crippen molar-refractivity contribution >= 4 is 22.8 Å². The Morgan fingerprint density at radius 1 is 1.40 bits per heavy atom. The van der Waals surface area contributed by atoms with Crippen LogP contribution in [-0.4, -0.2) is 33.3 Å². The molecule has 1 N–H and O–H groups in total. The van der Waals surface area contributed by atoms with Gasteiger partial charge in [-0.2, -0.15) is 0 Å². The molecule has 1 aliphatic heterocycles. The first-order valence-electron chi connectivity index (χ1n) is 6.69. The first kappa shape index (κ1) is 15.1. The summed E-state index contributed by atoms with van der Waals surface area (Å²) in [5.74, 6) is 1.09. The maximum Gasteiger partial charge on any atom is 0.223 e. The third-order valence-corrected chi connectivity index (χ3v) is 4.51. The predicted molar refractivity (Wildman–Crippen MR) is 79.0 cm³/mol. The summed E-state index contributed by atoms with van der Waals surface area (Å²) in [6.07, 6.45) is 0.515. The zero-order valence-corrected chi connectivity index (χ0v) is 12.4. The van der Waals surface area contributed by atoms with Gasteiger partial charge in [-0.05, 0) is 17.0 Å². The first-order chi connectivity index (χ1) is 9.60. The Labute approximate surface area is 123 Å². The number of thioether (sulfide) groups is 1. The highest BCUT2D eigenvalue weighted by molar-refractivity contribution is 8.13. The number of benzene rings is 1. The van der Waals surface area contributed by atoms with Gasteiger partial charge in [0, 0.05) is 32.2 Å². The Morgan fingerprint density at radius 2 is 2.10 bits per heavy atom. The van der Waals surface area contributed by atoms with Crippen molar-refractivity contribution in [2.75, 3.05) is 12.3 Å². The number of hydrogen-bond acceptors (Lipinski definition) is 4. The number of aliphatic hydroxyl groups is 1. The Bertz CT molecular complexity index is 504. The molecule has 20 heavy (non-hydrogen) atoms. The molecule has 0 bridgehead atoms. The van der Waals surface area contributed by atoms with Crippen molar-refractivity contribution in [2.24, 2.45) is 5.92 Å². The van der Waals surface area contributed by atoms with Gasteiger partial charge in [0.15, 0.2) is 5.12 Å². The SMILES string of the molecule is CC(=O)SCC1CC(=O)N(Cc2ccccc2CO)C1. The molecule has 0 aliphatic carbocycles. The van der Waals surface area contributed by atoms with Gasteiger partial charge in [0.05, 0.1) is 6.61 Å². The van der Waals surface area contributed by atoms with E-state index >= 15 is 0 Å². The van der Waals surface area contributed by atoms with Crippen molar-refractivity contribution in [3.8, 4) is 0 Å². The van der Waals surface area contributed by atoms with Gasteiger partial charge >= 0.3 is 0 Å². The minimum atomic E-state index is -0.0121. The third-order valence-electron chi connectivity index (χ3n) is 3.47. The topological polar surface area (TPSA) is 57.6 Å². The van der Waals surface area contributed by atoms with Crippen LogP contribution in [0.5, 0.6) is 0 Å². The second kappa shape index (κ2) is 6.90. The molecule has 2 rings (SSSR count). The van der Waals surface area contributed by atoms with Gasteiger partial charge in [0.2, 0.25) is 5.91 Å². The van der Waals surface area contributed by atoms with E-state index in [0.717, 1.165) is 11.1 Å². The standard InChI is InChI=1S/C15H19NO3S/c1-11(18)20-10-12-6-15(19)16(7-12)8-13-4-2-3-5-14(13)9-17/h2-5,12,17H,6-10H2,1H3. The fourth-order valence-electron chi connectivity index (χ4n) is 2.43. The molecule has 1 amide bonds. The van der Waals surface area contributed by atoms with E-state index in [0.29, 0.717) is 25.3 Å². The Balaban J connectivity index is 1.96. The second-order valence-corrected chi connectivity index (χ2v) is 6.27. The molecule has 1 aromatic rings. The molecule has 108 valence electrons. The number of nitrogens with zero attached hydrogens (tertiary/aromatic N) is 1. The fraction of sp³-hybridized carbons (Fsp3) is 0.467. The molecule has 1 saturated heterocycles. The Kier molecular flexibility index (Phi) is 5.20. The van der Waals surface area contributed by atoms with Crippen molar-refractivity contribution in [1.82, 2.24) is 4.90 Å². The number of likely N-dealkylation sites (tertiary alicyclic amines) is 1. The first-order valence-corrected chi connectivity index (χ1v) is 7.67. The van der Waals surface area contributed by atoms with Crippen LogP contribution in [-0.2, 0) is 22.7 Å². The van der Waals surface area contributed by atoms with Crippen LogP contribution in [0.4, 0.5) is 0 Å². The van der Waals surface area contributed by atoms with E-state index in [2.05, 4.69) is 0 Å². The van der Waals surface area contributed by atoms with Crippen LogP contribution in [0.2, 0.25) is 0 Å². The van der Waals surface area contributed by atoms with Gasteiger partial charge < -0.3 is 10.0 Å². The van der Waals surface area contributed by atoms with E-state index in [1.165, 1.54) is 11.8 Å². The van der Waals surface area contributed by atoms with Gasteiger partial charge in [-0.25, -0.2) is 0 Å². The van der Waals surface area contributed by atoms with Crippen LogP contribution in [0.15, 0.2) is 24.3 Å². The number of hydrogen-bond donors (Lipinski definition) is 1. The molecule has 1 aliphatic rings. The zero-order valence-electron chi connectivity index (χ0n) is 11.5. The summed E-state index contributed by atoms with van der Waals surface area (Å²) in [7, 11) is 0. The normalized spacial score (nSPS) is 18.6. The van der Waals surface area contributed by atoms with Crippen molar-refractivity contribution in [2.45, 2.75) is 26.5 Å². The summed E-state index contributed by atoms with van der Waals surface area (Å²) in [5, 5.41) is 9.41. The Hall–Kier alpha value is -1.33. The molecule has 1 aromatic carbocycles. The Morgan fingerprint density at radius 3 is 2.75 bits per heavy atom. The molecule has 0 saturated carbocycles. The predicted octanol–water partition coefficient (Wildman–Crippen LogP) is 1.81. The van der Waals surface area contributed by atoms with Crippen molar-refractivity contribution in [1.29, 1.82) is 0 Å². The molecule has 4 nitrogen and oxygen atoms in total. The molecule has 0 aromatic heterocycles. The van der Waals surface area contributed by atoms with Crippen molar-refractivity contribution in [3.63, 3.8) is 0 Å². The highest BCUT2D eigenvalue weighted by Crippen LogP contribution is 2.24. The highest BCUT2D eigenvalue weighted by Gasteiger charge is 2.29. The van der Waals surface area contributed by atoms with Crippen LogP contribution in [0, 0.1) is 5.92 Å². The average molecular weight is 293 g/mol. The lowest BCUT2D eigenvalue weighted by atomic mass is 10.1. The summed E-state index contributed by atoms with van der Waals surface area (Å²) >= 11 is 1.29. The van der Waals surface area contributed by atoms with E-state index in [1.807, 2.05) is 29.2 Å². The maximum atomic E-state index is 12.0. The monoisotopic (exact) mass is 293 g/mol. The van der Waals surface area contributed by atoms with Gasteiger partial charge in [0.1, 0.15) is 0 Å². The van der Waals surface area contributed by atoms with Crippen LogP contribution < -0.4 is 0 Å². The number of amides is 1. The summed E-state index contributed by atoms with van der Waals surface area (Å²) < 4.78 is 0. The number of carbonyl (C=O) groups is 2. The quantitative estimate of drug-likeness (QED) is 0.899. The lowest BCUT2D eigenvalue weighted by Crippen LogP contribution is -2.25. The maximum absolute atomic E-state index is 12.0. The molecule has 1 atom stereocenters. The molecule has 1 unspecified atom stereocenters. The second-order valence-electron chi connectivity index (χ2n) is 5.07. The van der Waals surface area contributed by atoms with Crippen molar-refractivity contribution in [3.05, 3.63) is 35.4 Å². The number of carbonyl (C=O) groups excluding carboxylic acids is 2. The summed E-state index contributed by atoms with van der Waals surface area (Å²) in [5.41, 5.74) is 1.85. The van der Waals surface area contributed by atoms with E-state index in [9.17, 15) is 14.7 Å². The lowest BCUT2D eigenvalue weighted by Gasteiger charge is -2.18. The highest BCUT2D eigenvalue weighted by atomic mass is 32.2. The van der Waals surface area contributed by atoms with Crippen LogP contribution >= 0.6 is 11.8 Å². The molecule has 1 heterocycles. The molecule has 0 radical (unpaired) electrons. The van der Waals surface area contributed by atoms with E-state index in [-0.39, 0.29) is 23.5 Å². The van der Waals surface area contributed by atoms with Crippen LogP contribution in [0.25, 0.3) is 0 Å². The smallest absolute Gasteiger partial charge is 0.223 e. The molecule has 0 spiro atoms. The average Bonchev–Trinajstić information content (AvgIpc) is 2.78. The van der Waals surface area contributed by atoms with E-state index < -0.39 is 0 Å². The van der Waals surface area contributed by atoms with Gasteiger partial charge in [-0.3, -0.25) is 9.59 Å².